The monoisotopic (exact) mass is 802 g/mol. The third kappa shape index (κ3) is 6.70. The molecule has 0 amide bonds. The first-order chi connectivity index (χ1) is 31.2. The van der Waals surface area contributed by atoms with Crippen molar-refractivity contribution in [3.8, 4) is 84.7 Å². The minimum atomic E-state index is -0.619. The highest BCUT2D eigenvalue weighted by Crippen LogP contribution is 2.57. The van der Waals surface area contributed by atoms with Gasteiger partial charge >= 0.3 is 0 Å². The van der Waals surface area contributed by atoms with E-state index in [0.717, 1.165) is 72.3 Å². The van der Waals surface area contributed by atoms with Crippen molar-refractivity contribution < 1.29 is 0 Å². The van der Waals surface area contributed by atoms with Crippen molar-refractivity contribution in [1.29, 1.82) is 5.26 Å². The summed E-state index contributed by atoms with van der Waals surface area (Å²) in [5, 5.41) is 10.1. The molecular formula is C59H38N4. The Morgan fingerprint density at radius 1 is 0.302 bits per heavy atom. The van der Waals surface area contributed by atoms with Crippen LogP contribution in [0.1, 0.15) is 27.8 Å². The molecule has 0 atom stereocenters. The van der Waals surface area contributed by atoms with Gasteiger partial charge in [0.15, 0.2) is 17.5 Å². The fraction of sp³-hybridized carbons (Fsp3) is 0.0169. The van der Waals surface area contributed by atoms with E-state index >= 15 is 0 Å². The van der Waals surface area contributed by atoms with E-state index in [4.69, 9.17) is 15.0 Å². The Hall–Kier alpha value is -8.52. The molecular weight excluding hydrogens is 765 g/mol. The van der Waals surface area contributed by atoms with Crippen molar-refractivity contribution in [1.82, 2.24) is 15.0 Å². The van der Waals surface area contributed by atoms with Crippen LogP contribution in [0.2, 0.25) is 0 Å². The van der Waals surface area contributed by atoms with Crippen molar-refractivity contribution in [3.05, 3.63) is 258 Å². The summed E-state index contributed by atoms with van der Waals surface area (Å²) in [6, 6.07) is 82.8. The van der Waals surface area contributed by atoms with Gasteiger partial charge in [0.2, 0.25) is 0 Å². The largest absolute Gasteiger partial charge is 0.208 e. The molecule has 0 spiro atoms. The zero-order valence-corrected chi connectivity index (χ0v) is 34.2. The van der Waals surface area contributed by atoms with Gasteiger partial charge < -0.3 is 0 Å². The maximum atomic E-state index is 10.1. The van der Waals surface area contributed by atoms with Crippen LogP contribution >= 0.6 is 0 Å². The van der Waals surface area contributed by atoms with Gasteiger partial charge in [-0.05, 0) is 85.0 Å². The van der Waals surface area contributed by atoms with Crippen LogP contribution in [-0.2, 0) is 5.41 Å². The molecule has 0 saturated carbocycles. The van der Waals surface area contributed by atoms with E-state index in [1.54, 1.807) is 0 Å². The van der Waals surface area contributed by atoms with Crippen molar-refractivity contribution in [2.24, 2.45) is 0 Å². The van der Waals surface area contributed by atoms with E-state index in [1.807, 2.05) is 18.2 Å². The molecule has 63 heavy (non-hydrogen) atoms. The summed E-state index contributed by atoms with van der Waals surface area (Å²) in [5.41, 5.74) is 16.4. The zero-order valence-electron chi connectivity index (χ0n) is 34.2. The highest BCUT2D eigenvalue weighted by atomic mass is 15.0. The van der Waals surface area contributed by atoms with Gasteiger partial charge in [0.25, 0.3) is 0 Å². The SMILES string of the molecule is N#Cc1ccc2c(c1)C(c1ccccc1)(c1ccccc1)c1cc(-c3ccc(-c4nc(-c5ccc(-c6ccccc6)cc5)nc(-c5ccc(-c6ccccc6)cc5)n4)cc3)ccc1-2. The lowest BCUT2D eigenvalue weighted by Crippen LogP contribution is -2.28. The number of hydrogen-bond donors (Lipinski definition) is 0. The number of hydrogen-bond acceptors (Lipinski definition) is 4. The van der Waals surface area contributed by atoms with Gasteiger partial charge in [-0.3, -0.25) is 0 Å². The van der Waals surface area contributed by atoms with Crippen LogP contribution in [0.5, 0.6) is 0 Å². The smallest absolute Gasteiger partial charge is 0.164 e. The predicted octanol–water partition coefficient (Wildman–Crippen LogP) is 14.1. The van der Waals surface area contributed by atoms with E-state index < -0.39 is 5.41 Å². The van der Waals surface area contributed by atoms with Gasteiger partial charge in [0.05, 0.1) is 17.0 Å². The normalized spacial score (nSPS) is 12.2. The topological polar surface area (TPSA) is 62.5 Å². The van der Waals surface area contributed by atoms with Crippen molar-refractivity contribution in [2.75, 3.05) is 0 Å². The second-order valence-electron chi connectivity index (χ2n) is 15.9. The second kappa shape index (κ2) is 15.8. The number of aromatic nitrogens is 3. The van der Waals surface area contributed by atoms with Crippen molar-refractivity contribution >= 4 is 0 Å². The van der Waals surface area contributed by atoms with Gasteiger partial charge in [-0.15, -0.1) is 0 Å². The summed E-state index contributed by atoms with van der Waals surface area (Å²) in [4.78, 5) is 15.2. The molecule has 0 bridgehead atoms. The minimum absolute atomic E-state index is 0.602. The molecule has 1 aliphatic rings. The number of benzene rings is 9. The third-order valence-electron chi connectivity index (χ3n) is 12.3. The van der Waals surface area contributed by atoms with Crippen LogP contribution in [0.25, 0.3) is 78.7 Å². The fourth-order valence-electron chi connectivity index (χ4n) is 9.20. The summed E-state index contributed by atoms with van der Waals surface area (Å²) < 4.78 is 0. The average Bonchev–Trinajstić information content (AvgIpc) is 3.67. The van der Waals surface area contributed by atoms with Gasteiger partial charge in [0.1, 0.15) is 0 Å². The Bertz CT molecular complexity index is 3150. The van der Waals surface area contributed by atoms with Crippen LogP contribution < -0.4 is 0 Å². The molecule has 4 heteroatoms. The van der Waals surface area contributed by atoms with E-state index in [-0.39, 0.29) is 0 Å². The Labute approximate surface area is 367 Å². The van der Waals surface area contributed by atoms with Crippen LogP contribution in [0.4, 0.5) is 0 Å². The molecule has 294 valence electrons. The number of nitriles is 1. The first-order valence-electron chi connectivity index (χ1n) is 21.1. The Morgan fingerprint density at radius 3 is 1.03 bits per heavy atom. The summed E-state index contributed by atoms with van der Waals surface area (Å²) in [5.74, 6) is 1.83. The van der Waals surface area contributed by atoms with Crippen molar-refractivity contribution in [3.63, 3.8) is 0 Å². The molecule has 1 aliphatic carbocycles. The quantitative estimate of drug-likeness (QED) is 0.153. The molecule has 0 saturated heterocycles. The summed E-state index contributed by atoms with van der Waals surface area (Å²) in [6.07, 6.45) is 0. The van der Waals surface area contributed by atoms with E-state index in [0.29, 0.717) is 23.0 Å². The molecule has 10 aromatic rings. The standard InChI is InChI=1S/C59H38N4/c60-39-40-21-35-52-53-36-34-49(38-55(53)59(54(52)37-40,50-17-9-3-10-18-50)51-19-11-4-12-20-51)45-26-32-48(33-27-45)58-62-56(46-28-22-43(23-29-46)41-13-5-1-6-14-41)61-57(63-58)47-30-24-44(25-31-47)42-15-7-2-8-16-42/h1-38H. The molecule has 1 aromatic heterocycles. The molecule has 4 nitrogen and oxygen atoms in total. The van der Waals surface area contributed by atoms with Gasteiger partial charge in [-0.2, -0.15) is 5.26 Å². The van der Waals surface area contributed by atoms with Gasteiger partial charge in [0, 0.05) is 16.7 Å². The van der Waals surface area contributed by atoms with Crippen LogP contribution in [0, 0.1) is 11.3 Å². The molecule has 0 N–H and O–H groups in total. The first kappa shape index (κ1) is 37.5. The van der Waals surface area contributed by atoms with E-state index in [9.17, 15) is 5.26 Å². The van der Waals surface area contributed by atoms with Crippen LogP contribution in [0.3, 0.4) is 0 Å². The number of nitrogens with zero attached hydrogens (tertiary/aromatic N) is 4. The maximum Gasteiger partial charge on any atom is 0.164 e. The van der Waals surface area contributed by atoms with Crippen LogP contribution in [-0.4, -0.2) is 15.0 Å². The van der Waals surface area contributed by atoms with E-state index in [1.165, 1.54) is 11.1 Å². The Balaban J connectivity index is 1.00. The first-order valence-corrected chi connectivity index (χ1v) is 21.1. The minimum Gasteiger partial charge on any atom is -0.208 e. The van der Waals surface area contributed by atoms with Crippen molar-refractivity contribution in [2.45, 2.75) is 5.41 Å². The Morgan fingerprint density at radius 2 is 0.619 bits per heavy atom. The van der Waals surface area contributed by atoms with Gasteiger partial charge in [-0.1, -0.05) is 212 Å². The number of fused-ring (bicyclic) bond motifs is 3. The molecule has 0 radical (unpaired) electrons. The highest BCUT2D eigenvalue weighted by molar-refractivity contribution is 5.89. The number of rotatable bonds is 8. The summed E-state index contributed by atoms with van der Waals surface area (Å²) >= 11 is 0. The lowest BCUT2D eigenvalue weighted by molar-refractivity contribution is 0.768. The summed E-state index contributed by atoms with van der Waals surface area (Å²) in [6.45, 7) is 0. The molecule has 0 unspecified atom stereocenters. The Kier molecular flexibility index (Phi) is 9.41. The third-order valence-corrected chi connectivity index (χ3v) is 12.3. The van der Waals surface area contributed by atoms with Crippen LogP contribution in [0.15, 0.2) is 231 Å². The molecule has 1 heterocycles. The lowest BCUT2D eigenvalue weighted by atomic mass is 9.67. The molecule has 0 aliphatic heterocycles. The molecule has 11 rings (SSSR count). The second-order valence-corrected chi connectivity index (χ2v) is 15.9. The van der Waals surface area contributed by atoms with E-state index in [2.05, 4.69) is 218 Å². The maximum absolute atomic E-state index is 10.1. The van der Waals surface area contributed by atoms with Gasteiger partial charge in [-0.25, -0.2) is 15.0 Å². The average molecular weight is 803 g/mol. The summed E-state index contributed by atoms with van der Waals surface area (Å²) in [7, 11) is 0. The predicted molar refractivity (Wildman–Crippen MR) is 254 cm³/mol. The molecule has 0 fully saturated rings. The lowest BCUT2D eigenvalue weighted by Gasteiger charge is -2.34. The molecule has 9 aromatic carbocycles. The zero-order chi connectivity index (χ0) is 42.2. The fourth-order valence-corrected chi connectivity index (χ4v) is 9.20. The highest BCUT2D eigenvalue weighted by Gasteiger charge is 2.46.